The van der Waals surface area contributed by atoms with Crippen LogP contribution in [0.15, 0.2) is 30.6 Å². The zero-order valence-electron chi connectivity index (χ0n) is 11.2. The fourth-order valence-corrected chi connectivity index (χ4v) is 2.62. The van der Waals surface area contributed by atoms with Crippen molar-refractivity contribution >= 4 is 16.9 Å². The molecule has 1 aliphatic heterocycles. The lowest BCUT2D eigenvalue weighted by atomic mass is 10.2. The van der Waals surface area contributed by atoms with Crippen molar-refractivity contribution in [2.45, 2.75) is 25.2 Å². The van der Waals surface area contributed by atoms with E-state index in [1.165, 1.54) is 4.90 Å². The second-order valence-corrected chi connectivity index (χ2v) is 5.19. The van der Waals surface area contributed by atoms with Gasteiger partial charge in [-0.25, -0.2) is 4.98 Å². The number of para-hydroxylation sites is 2. The number of hydrogen-bond acceptors (Lipinski definition) is 4. The summed E-state index contributed by atoms with van der Waals surface area (Å²) < 4.78 is 1.81. The van der Waals surface area contributed by atoms with Crippen LogP contribution in [0.4, 0.5) is 0 Å². The van der Waals surface area contributed by atoms with Crippen LogP contribution < -0.4 is 0 Å². The second kappa shape index (κ2) is 4.88. The maximum atomic E-state index is 12.4. The van der Waals surface area contributed by atoms with Gasteiger partial charge in [0.2, 0.25) is 5.91 Å². The highest BCUT2D eigenvalue weighted by atomic mass is 16.3. The van der Waals surface area contributed by atoms with Gasteiger partial charge in [0.25, 0.3) is 0 Å². The summed E-state index contributed by atoms with van der Waals surface area (Å²) in [7, 11) is 0. The van der Waals surface area contributed by atoms with E-state index in [1.807, 2.05) is 28.8 Å². The van der Waals surface area contributed by atoms with Gasteiger partial charge >= 0.3 is 0 Å². The molecule has 1 saturated heterocycles. The molecule has 1 fully saturated rings. The number of carbonyl (C=O) groups excluding carboxylic acids is 1. The highest BCUT2D eigenvalue weighted by Gasteiger charge is 2.34. The van der Waals surface area contributed by atoms with E-state index in [1.54, 1.807) is 13.3 Å². The molecule has 3 rings (SSSR count). The molecule has 2 N–H and O–H groups in total. The number of carbonyl (C=O) groups is 1. The van der Waals surface area contributed by atoms with Gasteiger partial charge in [-0.1, -0.05) is 12.1 Å². The fourth-order valence-electron chi connectivity index (χ4n) is 2.62. The molecular formula is C14H17N3O3. The van der Waals surface area contributed by atoms with Crippen molar-refractivity contribution in [2.24, 2.45) is 0 Å². The van der Waals surface area contributed by atoms with Crippen molar-refractivity contribution < 1.29 is 15.0 Å². The molecule has 0 aliphatic carbocycles. The van der Waals surface area contributed by atoms with Crippen molar-refractivity contribution in [1.82, 2.24) is 14.5 Å². The van der Waals surface area contributed by atoms with Gasteiger partial charge in [-0.3, -0.25) is 4.79 Å². The van der Waals surface area contributed by atoms with E-state index in [0.29, 0.717) is 0 Å². The standard InChI is InChI=1S/C14H17N3O3/c1-9(14(20)16-6-12(18)13(19)7-16)17-8-15-10-4-2-3-5-11(10)17/h2-5,8-9,12-13,18-19H,6-7H2,1H3. The Bertz CT molecular complexity index is 629. The third-order valence-electron chi connectivity index (χ3n) is 3.83. The maximum Gasteiger partial charge on any atom is 0.245 e. The molecule has 6 heteroatoms. The normalized spacial score (nSPS) is 24.2. The Kier molecular flexibility index (Phi) is 3.19. The van der Waals surface area contributed by atoms with E-state index >= 15 is 0 Å². The SMILES string of the molecule is CC(C(=O)N1CC(O)C(O)C1)n1cnc2ccccc21. The van der Waals surface area contributed by atoms with Crippen molar-refractivity contribution in [3.05, 3.63) is 30.6 Å². The largest absolute Gasteiger partial charge is 0.388 e. The summed E-state index contributed by atoms with van der Waals surface area (Å²) in [6.07, 6.45) is -0.0627. The van der Waals surface area contributed by atoms with Gasteiger partial charge < -0.3 is 19.7 Å². The number of hydrogen-bond donors (Lipinski definition) is 2. The average Bonchev–Trinajstić information content (AvgIpc) is 3.02. The summed E-state index contributed by atoms with van der Waals surface area (Å²) in [6.45, 7) is 2.15. The molecule has 3 atom stereocenters. The van der Waals surface area contributed by atoms with Gasteiger partial charge in [0, 0.05) is 13.1 Å². The van der Waals surface area contributed by atoms with Gasteiger partial charge in [0.15, 0.2) is 0 Å². The van der Waals surface area contributed by atoms with Gasteiger partial charge in [0.05, 0.1) is 29.6 Å². The van der Waals surface area contributed by atoms with E-state index in [4.69, 9.17) is 0 Å². The molecule has 1 aromatic heterocycles. The van der Waals surface area contributed by atoms with Crippen LogP contribution >= 0.6 is 0 Å². The quantitative estimate of drug-likeness (QED) is 0.818. The molecule has 0 spiro atoms. The van der Waals surface area contributed by atoms with E-state index < -0.39 is 18.2 Å². The number of aromatic nitrogens is 2. The van der Waals surface area contributed by atoms with Crippen LogP contribution in [0.5, 0.6) is 0 Å². The zero-order valence-corrected chi connectivity index (χ0v) is 11.2. The van der Waals surface area contributed by atoms with Crippen LogP contribution in [-0.4, -0.2) is 55.9 Å². The van der Waals surface area contributed by atoms with Crippen molar-refractivity contribution in [1.29, 1.82) is 0 Å². The number of amides is 1. The number of aliphatic hydroxyl groups is 2. The summed E-state index contributed by atoms with van der Waals surface area (Å²) >= 11 is 0. The molecule has 1 aromatic carbocycles. The average molecular weight is 275 g/mol. The number of β-amino-alcohol motifs (C(OH)–C–C–N with tert-alkyl or cyclic N) is 2. The molecule has 1 amide bonds. The third-order valence-corrected chi connectivity index (χ3v) is 3.83. The predicted molar refractivity (Wildman–Crippen MR) is 73.0 cm³/mol. The second-order valence-electron chi connectivity index (χ2n) is 5.19. The number of imidazole rings is 1. The van der Waals surface area contributed by atoms with Gasteiger partial charge in [-0.05, 0) is 19.1 Å². The maximum absolute atomic E-state index is 12.4. The monoisotopic (exact) mass is 275 g/mol. The predicted octanol–water partition coefficient (Wildman–Crippen LogP) is 0.161. The summed E-state index contributed by atoms with van der Waals surface area (Å²) in [4.78, 5) is 18.2. The number of fused-ring (bicyclic) bond motifs is 1. The topological polar surface area (TPSA) is 78.6 Å². The van der Waals surface area contributed by atoms with Crippen LogP contribution in [0.25, 0.3) is 11.0 Å². The number of benzene rings is 1. The molecule has 6 nitrogen and oxygen atoms in total. The minimum atomic E-state index is -0.856. The van der Waals surface area contributed by atoms with Gasteiger partial charge in [-0.2, -0.15) is 0 Å². The molecule has 1 aliphatic rings. The first-order chi connectivity index (χ1) is 9.58. The molecule has 2 aromatic rings. The highest BCUT2D eigenvalue weighted by Crippen LogP contribution is 2.21. The molecule has 0 bridgehead atoms. The summed E-state index contributed by atoms with van der Waals surface area (Å²) in [5, 5.41) is 19.1. The first-order valence-electron chi connectivity index (χ1n) is 6.64. The van der Waals surface area contributed by atoms with Crippen LogP contribution in [0.1, 0.15) is 13.0 Å². The molecule has 0 radical (unpaired) electrons. The van der Waals surface area contributed by atoms with Crippen molar-refractivity contribution in [3.63, 3.8) is 0 Å². The smallest absolute Gasteiger partial charge is 0.245 e. The van der Waals surface area contributed by atoms with E-state index in [0.717, 1.165) is 11.0 Å². The number of nitrogens with zero attached hydrogens (tertiary/aromatic N) is 3. The number of aliphatic hydroxyl groups excluding tert-OH is 2. The van der Waals surface area contributed by atoms with Crippen LogP contribution in [0, 0.1) is 0 Å². The lowest BCUT2D eigenvalue weighted by Gasteiger charge is -2.21. The number of rotatable bonds is 2. The van der Waals surface area contributed by atoms with E-state index in [-0.39, 0.29) is 19.0 Å². The minimum absolute atomic E-state index is 0.122. The Morgan fingerprint density at radius 3 is 2.65 bits per heavy atom. The van der Waals surface area contributed by atoms with Crippen molar-refractivity contribution in [2.75, 3.05) is 13.1 Å². The minimum Gasteiger partial charge on any atom is -0.388 e. The van der Waals surface area contributed by atoms with E-state index in [9.17, 15) is 15.0 Å². The Hall–Kier alpha value is -1.92. The fraction of sp³-hybridized carbons (Fsp3) is 0.429. The number of likely N-dealkylation sites (tertiary alicyclic amines) is 1. The lowest BCUT2D eigenvalue weighted by Crippen LogP contribution is -2.35. The molecule has 20 heavy (non-hydrogen) atoms. The Balaban J connectivity index is 1.85. The van der Waals surface area contributed by atoms with Crippen molar-refractivity contribution in [3.8, 4) is 0 Å². The molecule has 106 valence electrons. The molecular weight excluding hydrogens is 258 g/mol. The van der Waals surface area contributed by atoms with Crippen LogP contribution in [0.2, 0.25) is 0 Å². The summed E-state index contributed by atoms with van der Waals surface area (Å²) in [6, 6.07) is 7.20. The first kappa shape index (κ1) is 13.1. The van der Waals surface area contributed by atoms with Crippen LogP contribution in [-0.2, 0) is 4.79 Å². The van der Waals surface area contributed by atoms with Gasteiger partial charge in [-0.15, -0.1) is 0 Å². The molecule has 2 heterocycles. The zero-order chi connectivity index (χ0) is 14.3. The van der Waals surface area contributed by atoms with Crippen LogP contribution in [0.3, 0.4) is 0 Å². The Morgan fingerprint density at radius 2 is 1.95 bits per heavy atom. The Morgan fingerprint density at radius 1 is 1.30 bits per heavy atom. The lowest BCUT2D eigenvalue weighted by molar-refractivity contribution is -0.133. The molecule has 0 saturated carbocycles. The summed E-state index contributed by atoms with van der Waals surface area (Å²) in [5.41, 5.74) is 1.74. The molecule has 3 unspecified atom stereocenters. The highest BCUT2D eigenvalue weighted by molar-refractivity contribution is 5.84. The van der Waals surface area contributed by atoms with Gasteiger partial charge in [0.1, 0.15) is 6.04 Å². The first-order valence-corrected chi connectivity index (χ1v) is 6.64. The Labute approximate surface area is 116 Å². The summed E-state index contributed by atoms with van der Waals surface area (Å²) in [5.74, 6) is -0.122. The third kappa shape index (κ3) is 2.07. The van der Waals surface area contributed by atoms with E-state index in [2.05, 4.69) is 4.98 Å².